The predicted octanol–water partition coefficient (Wildman–Crippen LogP) is 2.11. The highest BCUT2D eigenvalue weighted by Crippen LogP contribution is 2.38. The standard InChI is InChI=1S/C12H15N3/c1-12(2)11-7-13-8-15(11)10-6-4-3-5-9(10)14-12/h3-6,8,11,14H,7H2,1-2H3. The molecule has 15 heavy (non-hydrogen) atoms. The zero-order valence-corrected chi connectivity index (χ0v) is 9.07. The number of nitrogens with zero attached hydrogens (tertiary/aromatic N) is 2. The van der Waals surface area contributed by atoms with E-state index < -0.39 is 0 Å². The van der Waals surface area contributed by atoms with Crippen LogP contribution in [0.15, 0.2) is 29.3 Å². The van der Waals surface area contributed by atoms with Gasteiger partial charge in [-0.2, -0.15) is 0 Å². The number of fused-ring (bicyclic) bond motifs is 3. The van der Waals surface area contributed by atoms with Gasteiger partial charge < -0.3 is 10.2 Å². The summed E-state index contributed by atoms with van der Waals surface area (Å²) in [5, 5.41) is 3.59. The van der Waals surface area contributed by atoms with Crippen LogP contribution in [0.5, 0.6) is 0 Å². The molecule has 1 aromatic carbocycles. The lowest BCUT2D eigenvalue weighted by atomic mass is 9.90. The summed E-state index contributed by atoms with van der Waals surface area (Å²) in [6.45, 7) is 5.35. The summed E-state index contributed by atoms with van der Waals surface area (Å²) < 4.78 is 0. The fourth-order valence-electron chi connectivity index (χ4n) is 2.44. The number of rotatable bonds is 0. The topological polar surface area (TPSA) is 27.6 Å². The van der Waals surface area contributed by atoms with Crippen molar-refractivity contribution in [3.8, 4) is 0 Å². The van der Waals surface area contributed by atoms with Crippen LogP contribution < -0.4 is 10.2 Å². The Morgan fingerprint density at radius 2 is 2.20 bits per heavy atom. The Kier molecular flexibility index (Phi) is 1.61. The molecule has 0 spiro atoms. The second-order valence-corrected chi connectivity index (χ2v) is 4.77. The monoisotopic (exact) mass is 201 g/mol. The van der Waals surface area contributed by atoms with Crippen LogP contribution in [0.1, 0.15) is 13.8 Å². The average Bonchev–Trinajstić information content (AvgIpc) is 2.66. The molecule has 0 radical (unpaired) electrons. The summed E-state index contributed by atoms with van der Waals surface area (Å²) in [6.07, 6.45) is 1.96. The van der Waals surface area contributed by atoms with Gasteiger partial charge in [0.1, 0.15) is 0 Å². The van der Waals surface area contributed by atoms with E-state index in [1.54, 1.807) is 0 Å². The van der Waals surface area contributed by atoms with E-state index in [1.165, 1.54) is 11.4 Å². The quantitative estimate of drug-likeness (QED) is 0.696. The molecule has 1 atom stereocenters. The van der Waals surface area contributed by atoms with Gasteiger partial charge in [0.2, 0.25) is 0 Å². The van der Waals surface area contributed by atoms with E-state index in [0.29, 0.717) is 6.04 Å². The maximum atomic E-state index is 4.38. The minimum absolute atomic E-state index is 0.0743. The maximum Gasteiger partial charge on any atom is 0.0899 e. The van der Waals surface area contributed by atoms with E-state index in [-0.39, 0.29) is 5.54 Å². The first kappa shape index (κ1) is 8.77. The first-order valence-electron chi connectivity index (χ1n) is 5.34. The van der Waals surface area contributed by atoms with Gasteiger partial charge in [0.05, 0.1) is 35.8 Å². The van der Waals surface area contributed by atoms with Gasteiger partial charge in [-0.25, -0.2) is 0 Å². The molecule has 2 aliphatic rings. The Bertz CT molecular complexity index is 423. The molecule has 78 valence electrons. The molecule has 3 rings (SSSR count). The molecule has 0 saturated heterocycles. The van der Waals surface area contributed by atoms with Crippen LogP contribution >= 0.6 is 0 Å². The van der Waals surface area contributed by atoms with Crippen molar-refractivity contribution in [1.82, 2.24) is 0 Å². The lowest BCUT2D eigenvalue weighted by Gasteiger charge is -2.44. The minimum Gasteiger partial charge on any atom is -0.376 e. The Balaban J connectivity index is 2.14. The largest absolute Gasteiger partial charge is 0.376 e. The molecule has 2 aliphatic heterocycles. The summed E-state index contributed by atoms with van der Waals surface area (Å²) >= 11 is 0. The van der Waals surface area contributed by atoms with Crippen molar-refractivity contribution < 1.29 is 0 Å². The normalized spacial score (nSPS) is 25.7. The molecule has 0 aromatic heterocycles. The first-order valence-corrected chi connectivity index (χ1v) is 5.34. The zero-order chi connectivity index (χ0) is 10.5. The lowest BCUT2D eigenvalue weighted by Crippen LogP contribution is -2.56. The summed E-state index contributed by atoms with van der Waals surface area (Å²) in [5.41, 5.74) is 2.51. The van der Waals surface area contributed by atoms with Crippen LogP contribution in [-0.4, -0.2) is 24.5 Å². The molecule has 0 aliphatic carbocycles. The number of para-hydroxylation sites is 2. The SMILES string of the molecule is CC1(C)Nc2ccccc2N2C=NCC21. The molecule has 3 nitrogen and oxygen atoms in total. The highest BCUT2D eigenvalue weighted by atomic mass is 15.3. The number of aliphatic imine (C=N–C) groups is 1. The second-order valence-electron chi connectivity index (χ2n) is 4.77. The Hall–Kier alpha value is -1.51. The number of benzene rings is 1. The molecule has 1 aromatic rings. The van der Waals surface area contributed by atoms with Crippen molar-refractivity contribution in [1.29, 1.82) is 0 Å². The van der Waals surface area contributed by atoms with Crippen LogP contribution in [0.3, 0.4) is 0 Å². The van der Waals surface area contributed by atoms with E-state index in [9.17, 15) is 0 Å². The van der Waals surface area contributed by atoms with E-state index in [4.69, 9.17) is 0 Å². The number of hydrogen-bond donors (Lipinski definition) is 1. The van der Waals surface area contributed by atoms with Gasteiger partial charge in [-0.3, -0.25) is 4.99 Å². The fourth-order valence-corrected chi connectivity index (χ4v) is 2.44. The van der Waals surface area contributed by atoms with Crippen molar-refractivity contribution in [2.45, 2.75) is 25.4 Å². The van der Waals surface area contributed by atoms with Gasteiger partial charge in [-0.1, -0.05) is 12.1 Å². The molecule has 0 saturated carbocycles. The van der Waals surface area contributed by atoms with Gasteiger partial charge in [-0.15, -0.1) is 0 Å². The molecule has 1 N–H and O–H groups in total. The summed E-state index contributed by atoms with van der Waals surface area (Å²) in [5.74, 6) is 0. The maximum absolute atomic E-state index is 4.38. The van der Waals surface area contributed by atoms with Gasteiger partial charge in [-0.05, 0) is 26.0 Å². The van der Waals surface area contributed by atoms with E-state index >= 15 is 0 Å². The minimum atomic E-state index is 0.0743. The van der Waals surface area contributed by atoms with Crippen molar-refractivity contribution in [3.63, 3.8) is 0 Å². The summed E-state index contributed by atoms with van der Waals surface area (Å²) in [4.78, 5) is 6.67. The van der Waals surface area contributed by atoms with Crippen molar-refractivity contribution in [2.24, 2.45) is 4.99 Å². The Labute approximate surface area is 89.8 Å². The molecule has 0 amide bonds. The van der Waals surface area contributed by atoms with Crippen LogP contribution in [0, 0.1) is 0 Å². The molecule has 1 unspecified atom stereocenters. The smallest absolute Gasteiger partial charge is 0.0899 e. The third kappa shape index (κ3) is 1.16. The summed E-state index contributed by atoms with van der Waals surface area (Å²) in [7, 11) is 0. The van der Waals surface area contributed by atoms with Gasteiger partial charge in [0.25, 0.3) is 0 Å². The highest BCUT2D eigenvalue weighted by Gasteiger charge is 2.40. The van der Waals surface area contributed by atoms with Crippen LogP contribution in [-0.2, 0) is 0 Å². The second kappa shape index (κ2) is 2.75. The van der Waals surface area contributed by atoms with Crippen LogP contribution in [0.25, 0.3) is 0 Å². The molecule has 2 heterocycles. The molecular weight excluding hydrogens is 186 g/mol. The van der Waals surface area contributed by atoms with Crippen LogP contribution in [0.2, 0.25) is 0 Å². The molecule has 3 heteroatoms. The fraction of sp³-hybridized carbons (Fsp3) is 0.417. The molecule has 0 bridgehead atoms. The van der Waals surface area contributed by atoms with Crippen molar-refractivity contribution in [2.75, 3.05) is 16.8 Å². The number of anilines is 2. The average molecular weight is 201 g/mol. The molecular formula is C12H15N3. The van der Waals surface area contributed by atoms with Crippen molar-refractivity contribution in [3.05, 3.63) is 24.3 Å². The number of hydrogen-bond acceptors (Lipinski definition) is 3. The van der Waals surface area contributed by atoms with Crippen LogP contribution in [0.4, 0.5) is 11.4 Å². The Morgan fingerprint density at radius 3 is 3.07 bits per heavy atom. The van der Waals surface area contributed by atoms with E-state index in [2.05, 4.69) is 53.3 Å². The third-order valence-corrected chi connectivity index (χ3v) is 3.29. The Morgan fingerprint density at radius 1 is 1.40 bits per heavy atom. The van der Waals surface area contributed by atoms with Gasteiger partial charge in [0.15, 0.2) is 0 Å². The third-order valence-electron chi connectivity index (χ3n) is 3.29. The highest BCUT2D eigenvalue weighted by molar-refractivity contribution is 5.90. The van der Waals surface area contributed by atoms with Gasteiger partial charge >= 0.3 is 0 Å². The summed E-state index contributed by atoms with van der Waals surface area (Å²) in [6, 6.07) is 8.84. The van der Waals surface area contributed by atoms with Crippen molar-refractivity contribution >= 4 is 17.7 Å². The lowest BCUT2D eigenvalue weighted by molar-refractivity contribution is 0.453. The predicted molar refractivity (Wildman–Crippen MR) is 63.8 cm³/mol. The van der Waals surface area contributed by atoms with E-state index in [0.717, 1.165) is 6.54 Å². The molecule has 0 fully saturated rings. The van der Waals surface area contributed by atoms with E-state index in [1.807, 2.05) is 6.34 Å². The number of nitrogens with one attached hydrogen (secondary N) is 1. The van der Waals surface area contributed by atoms with Gasteiger partial charge in [0, 0.05) is 0 Å². The first-order chi connectivity index (χ1) is 7.18. The zero-order valence-electron chi connectivity index (χ0n) is 9.07.